The van der Waals surface area contributed by atoms with E-state index in [1.54, 1.807) is 6.20 Å². The molecule has 15 heavy (non-hydrogen) atoms. The zero-order chi connectivity index (χ0) is 10.4. The number of hydrogen-bond donors (Lipinski definition) is 1. The van der Waals surface area contributed by atoms with Gasteiger partial charge in [0.1, 0.15) is 0 Å². The summed E-state index contributed by atoms with van der Waals surface area (Å²) in [7, 11) is 0. The van der Waals surface area contributed by atoms with Gasteiger partial charge < -0.3 is 4.98 Å². The molecule has 1 aromatic heterocycles. The summed E-state index contributed by atoms with van der Waals surface area (Å²) in [4.78, 5) is 14.3. The molecule has 2 bridgehead atoms. The fraction of sp³-hybridized carbons (Fsp3) is 0.750. The molecule has 2 aliphatic carbocycles. The van der Waals surface area contributed by atoms with Crippen molar-refractivity contribution in [2.45, 2.75) is 38.6 Å². The normalized spacial score (nSPS) is 35.9. The van der Waals surface area contributed by atoms with Gasteiger partial charge in [0.15, 0.2) is 0 Å². The number of aromatic nitrogens is 2. The number of aromatic amines is 1. The molecular weight excluding hydrogens is 188 g/mol. The summed E-state index contributed by atoms with van der Waals surface area (Å²) < 4.78 is 1.87. The predicted molar refractivity (Wildman–Crippen MR) is 58.7 cm³/mol. The van der Waals surface area contributed by atoms with Crippen LogP contribution in [0.1, 0.15) is 38.6 Å². The van der Waals surface area contributed by atoms with E-state index in [0.29, 0.717) is 6.04 Å². The standard InChI is InChI=1S/C12H18N2O/c1-8(14-5-4-13-12(14)15)11-7-9-2-3-10(11)6-9/h4-5,8-11H,2-3,6-7H2,1H3,(H,13,15). The Bertz CT molecular complexity index is 406. The molecule has 82 valence electrons. The van der Waals surface area contributed by atoms with Gasteiger partial charge in [0, 0.05) is 18.4 Å². The summed E-state index contributed by atoms with van der Waals surface area (Å²) in [6.45, 7) is 2.20. The number of nitrogens with one attached hydrogen (secondary N) is 1. The Balaban J connectivity index is 1.84. The first-order valence-corrected chi connectivity index (χ1v) is 6.01. The second-order valence-electron chi connectivity index (χ2n) is 5.25. The van der Waals surface area contributed by atoms with Crippen LogP contribution in [0.2, 0.25) is 0 Å². The SMILES string of the molecule is CC(C1CC2CCC1C2)n1cc[nH]c1=O. The summed E-state index contributed by atoms with van der Waals surface area (Å²) in [5.41, 5.74) is 0.0465. The molecule has 4 atom stereocenters. The number of imidazole rings is 1. The molecule has 0 saturated heterocycles. The van der Waals surface area contributed by atoms with Crippen molar-refractivity contribution in [1.82, 2.24) is 9.55 Å². The summed E-state index contributed by atoms with van der Waals surface area (Å²) in [5, 5.41) is 0. The number of rotatable bonds is 2. The van der Waals surface area contributed by atoms with E-state index in [0.717, 1.165) is 17.8 Å². The number of fused-ring (bicyclic) bond motifs is 2. The zero-order valence-electron chi connectivity index (χ0n) is 9.15. The third kappa shape index (κ3) is 1.36. The van der Waals surface area contributed by atoms with Gasteiger partial charge in [-0.2, -0.15) is 0 Å². The highest BCUT2D eigenvalue weighted by Crippen LogP contribution is 2.51. The van der Waals surface area contributed by atoms with Crippen LogP contribution in [-0.4, -0.2) is 9.55 Å². The van der Waals surface area contributed by atoms with Crippen molar-refractivity contribution < 1.29 is 0 Å². The van der Waals surface area contributed by atoms with Gasteiger partial charge in [-0.3, -0.25) is 4.57 Å². The lowest BCUT2D eigenvalue weighted by atomic mass is 9.84. The topological polar surface area (TPSA) is 37.8 Å². The van der Waals surface area contributed by atoms with Crippen LogP contribution in [0.15, 0.2) is 17.2 Å². The van der Waals surface area contributed by atoms with Crippen molar-refractivity contribution in [3.8, 4) is 0 Å². The van der Waals surface area contributed by atoms with Crippen molar-refractivity contribution in [1.29, 1.82) is 0 Å². The van der Waals surface area contributed by atoms with E-state index < -0.39 is 0 Å². The van der Waals surface area contributed by atoms with E-state index in [1.165, 1.54) is 25.7 Å². The number of hydrogen-bond acceptors (Lipinski definition) is 1. The highest BCUT2D eigenvalue weighted by molar-refractivity contribution is 4.95. The van der Waals surface area contributed by atoms with Gasteiger partial charge >= 0.3 is 5.69 Å². The Kier molecular flexibility index (Phi) is 2.01. The van der Waals surface area contributed by atoms with E-state index in [1.807, 2.05) is 10.8 Å². The lowest BCUT2D eigenvalue weighted by Crippen LogP contribution is -2.28. The molecular formula is C12H18N2O. The smallest absolute Gasteiger partial charge is 0.313 e. The molecule has 4 unspecified atom stereocenters. The van der Waals surface area contributed by atoms with Crippen LogP contribution in [0, 0.1) is 17.8 Å². The number of H-pyrrole nitrogens is 1. The minimum absolute atomic E-state index is 0.0465. The second kappa shape index (κ2) is 3.26. The van der Waals surface area contributed by atoms with Gasteiger partial charge in [0.2, 0.25) is 0 Å². The van der Waals surface area contributed by atoms with Crippen LogP contribution in [0.25, 0.3) is 0 Å². The molecule has 2 saturated carbocycles. The van der Waals surface area contributed by atoms with E-state index in [9.17, 15) is 4.79 Å². The van der Waals surface area contributed by atoms with Crippen LogP contribution in [0.4, 0.5) is 0 Å². The molecule has 1 N–H and O–H groups in total. The zero-order valence-corrected chi connectivity index (χ0v) is 9.15. The third-order valence-electron chi connectivity index (χ3n) is 4.53. The Morgan fingerprint density at radius 3 is 2.87 bits per heavy atom. The molecule has 0 amide bonds. The van der Waals surface area contributed by atoms with E-state index in [4.69, 9.17) is 0 Å². The van der Waals surface area contributed by atoms with E-state index in [2.05, 4.69) is 11.9 Å². The monoisotopic (exact) mass is 206 g/mol. The Morgan fingerprint density at radius 2 is 2.33 bits per heavy atom. The fourth-order valence-corrected chi connectivity index (χ4v) is 3.74. The highest BCUT2D eigenvalue weighted by Gasteiger charge is 2.42. The molecule has 3 rings (SSSR count). The minimum Gasteiger partial charge on any atom is -0.313 e. The van der Waals surface area contributed by atoms with Crippen molar-refractivity contribution in [3.63, 3.8) is 0 Å². The van der Waals surface area contributed by atoms with Crippen LogP contribution < -0.4 is 5.69 Å². The van der Waals surface area contributed by atoms with Crippen LogP contribution in [0.3, 0.4) is 0 Å². The summed E-state index contributed by atoms with van der Waals surface area (Å²) in [6.07, 6.45) is 9.19. The molecule has 1 aromatic rings. The average molecular weight is 206 g/mol. The van der Waals surface area contributed by atoms with Gasteiger partial charge in [0.25, 0.3) is 0 Å². The third-order valence-corrected chi connectivity index (χ3v) is 4.53. The lowest BCUT2D eigenvalue weighted by Gasteiger charge is -2.28. The molecule has 3 nitrogen and oxygen atoms in total. The molecule has 1 heterocycles. The van der Waals surface area contributed by atoms with E-state index >= 15 is 0 Å². The minimum atomic E-state index is 0.0465. The van der Waals surface area contributed by atoms with Crippen LogP contribution >= 0.6 is 0 Å². The van der Waals surface area contributed by atoms with Gasteiger partial charge in [-0.15, -0.1) is 0 Å². The molecule has 0 aromatic carbocycles. The Labute approximate surface area is 89.5 Å². The second-order valence-corrected chi connectivity index (χ2v) is 5.25. The maximum Gasteiger partial charge on any atom is 0.325 e. The molecule has 0 radical (unpaired) electrons. The van der Waals surface area contributed by atoms with Gasteiger partial charge in [-0.25, -0.2) is 4.79 Å². The average Bonchev–Trinajstić information content (AvgIpc) is 2.91. The van der Waals surface area contributed by atoms with Gasteiger partial charge in [-0.05, 0) is 43.9 Å². The molecule has 0 spiro atoms. The quantitative estimate of drug-likeness (QED) is 0.791. The van der Waals surface area contributed by atoms with Gasteiger partial charge in [-0.1, -0.05) is 6.42 Å². The van der Waals surface area contributed by atoms with Crippen molar-refractivity contribution >= 4 is 0 Å². The fourth-order valence-electron chi connectivity index (χ4n) is 3.74. The van der Waals surface area contributed by atoms with Crippen LogP contribution in [-0.2, 0) is 0 Å². The maximum atomic E-state index is 11.5. The predicted octanol–water partition coefficient (Wildman–Crippen LogP) is 2.17. The van der Waals surface area contributed by atoms with Crippen molar-refractivity contribution in [2.24, 2.45) is 17.8 Å². The molecule has 3 heteroatoms. The Morgan fingerprint density at radius 1 is 1.47 bits per heavy atom. The highest BCUT2D eigenvalue weighted by atomic mass is 16.1. The first kappa shape index (κ1) is 9.25. The summed E-state index contributed by atoms with van der Waals surface area (Å²) in [5.74, 6) is 2.57. The van der Waals surface area contributed by atoms with Gasteiger partial charge in [0.05, 0.1) is 0 Å². The maximum absolute atomic E-state index is 11.5. The summed E-state index contributed by atoms with van der Waals surface area (Å²) in [6, 6.07) is 0.374. The Hall–Kier alpha value is -0.990. The lowest BCUT2D eigenvalue weighted by molar-refractivity contribution is 0.239. The van der Waals surface area contributed by atoms with Crippen molar-refractivity contribution in [3.05, 3.63) is 22.9 Å². The number of nitrogens with zero attached hydrogens (tertiary/aromatic N) is 1. The first-order valence-electron chi connectivity index (χ1n) is 6.01. The largest absolute Gasteiger partial charge is 0.325 e. The molecule has 2 fully saturated rings. The van der Waals surface area contributed by atoms with Crippen LogP contribution in [0.5, 0.6) is 0 Å². The van der Waals surface area contributed by atoms with E-state index in [-0.39, 0.29) is 5.69 Å². The van der Waals surface area contributed by atoms with Crippen molar-refractivity contribution in [2.75, 3.05) is 0 Å². The summed E-state index contributed by atoms with van der Waals surface area (Å²) >= 11 is 0. The molecule has 0 aliphatic heterocycles. The first-order chi connectivity index (χ1) is 7.25. The molecule has 2 aliphatic rings.